The zero-order chi connectivity index (χ0) is 20.4. The van der Waals surface area contributed by atoms with Crippen LogP contribution in [0, 0.1) is 0 Å². The minimum Gasteiger partial charge on any atom is -0.383 e. The Balaban J connectivity index is 1.92. The number of hydrogen-bond acceptors (Lipinski definition) is 6. The van der Waals surface area contributed by atoms with E-state index in [0.29, 0.717) is 22.2 Å². The number of nitrogens with one attached hydrogen (secondary N) is 1. The Morgan fingerprint density at radius 2 is 2.00 bits per heavy atom. The van der Waals surface area contributed by atoms with Gasteiger partial charge in [-0.2, -0.15) is 9.78 Å². The lowest BCUT2D eigenvalue weighted by Gasteiger charge is -2.11. The van der Waals surface area contributed by atoms with Crippen molar-refractivity contribution in [3.05, 3.63) is 59.9 Å². The van der Waals surface area contributed by atoms with Crippen molar-refractivity contribution in [2.24, 2.45) is 5.10 Å². The van der Waals surface area contributed by atoms with E-state index in [0.717, 1.165) is 12.0 Å². The minimum absolute atomic E-state index is 0.00705. The van der Waals surface area contributed by atoms with Gasteiger partial charge < -0.3 is 11.1 Å². The minimum atomic E-state index is -0.290. The number of nitrogen functional groups attached to an aromatic ring is 1. The largest absolute Gasteiger partial charge is 0.383 e. The van der Waals surface area contributed by atoms with Crippen LogP contribution in [-0.4, -0.2) is 37.8 Å². The molecule has 0 aliphatic heterocycles. The second kappa shape index (κ2) is 7.67. The molecule has 0 saturated carbocycles. The van der Waals surface area contributed by atoms with E-state index in [1.807, 2.05) is 50.2 Å². The van der Waals surface area contributed by atoms with Crippen LogP contribution in [0.5, 0.6) is 0 Å². The van der Waals surface area contributed by atoms with Gasteiger partial charge in [-0.05, 0) is 31.5 Å². The molecule has 1 unspecified atom stereocenters. The van der Waals surface area contributed by atoms with Crippen molar-refractivity contribution >= 4 is 40.1 Å². The molecule has 146 valence electrons. The van der Waals surface area contributed by atoms with Crippen LogP contribution in [0.1, 0.15) is 36.2 Å². The van der Waals surface area contributed by atoms with Crippen molar-refractivity contribution < 1.29 is 4.79 Å². The number of carbonyl (C=O) groups is 1. The van der Waals surface area contributed by atoms with E-state index in [4.69, 9.17) is 5.73 Å². The van der Waals surface area contributed by atoms with Crippen molar-refractivity contribution in [3.8, 4) is 0 Å². The number of anilines is 1. The molecule has 1 atom stereocenters. The van der Waals surface area contributed by atoms with Gasteiger partial charge >= 0.3 is 0 Å². The molecule has 29 heavy (non-hydrogen) atoms. The topological polar surface area (TPSA) is 111 Å². The van der Waals surface area contributed by atoms with Crippen molar-refractivity contribution in [3.63, 3.8) is 0 Å². The second-order valence-electron chi connectivity index (χ2n) is 6.77. The van der Waals surface area contributed by atoms with Gasteiger partial charge in [0.15, 0.2) is 5.65 Å². The standard InChI is InChI=1S/C21H21N7O/c1-3-13(2)25-21(29)17-18-20(27-16-9-5-4-8-15(16)26-18)28(19(17)22)24-12-14-7-6-10-23-11-14/h4-13H,3,22H2,1-2H3,(H,25,29). The molecule has 4 rings (SSSR count). The smallest absolute Gasteiger partial charge is 0.257 e. The lowest BCUT2D eigenvalue weighted by molar-refractivity contribution is 0.0941. The summed E-state index contributed by atoms with van der Waals surface area (Å²) in [5, 5.41) is 7.41. The van der Waals surface area contributed by atoms with E-state index in [1.165, 1.54) is 4.68 Å². The molecule has 1 amide bonds. The highest BCUT2D eigenvalue weighted by atomic mass is 16.1. The van der Waals surface area contributed by atoms with Crippen molar-refractivity contribution in [1.82, 2.24) is 24.9 Å². The molecule has 0 radical (unpaired) electrons. The highest BCUT2D eigenvalue weighted by Gasteiger charge is 2.24. The molecule has 0 fully saturated rings. The summed E-state index contributed by atoms with van der Waals surface area (Å²) in [6.07, 6.45) is 5.79. The number of benzene rings is 1. The highest BCUT2D eigenvalue weighted by molar-refractivity contribution is 6.10. The van der Waals surface area contributed by atoms with Gasteiger partial charge in [0.05, 0.1) is 17.2 Å². The first kappa shape index (κ1) is 18.5. The third kappa shape index (κ3) is 3.52. The van der Waals surface area contributed by atoms with E-state index in [1.54, 1.807) is 18.6 Å². The summed E-state index contributed by atoms with van der Waals surface area (Å²) in [6, 6.07) is 11.2. The molecule has 0 aliphatic carbocycles. The first-order chi connectivity index (χ1) is 14.1. The number of pyridine rings is 1. The van der Waals surface area contributed by atoms with Crippen LogP contribution in [-0.2, 0) is 0 Å². The summed E-state index contributed by atoms with van der Waals surface area (Å²) in [7, 11) is 0. The SMILES string of the molecule is CCC(C)NC(=O)c1c(N)n(N=Cc2cccnc2)c2nc3ccccc3nc12. The maximum Gasteiger partial charge on any atom is 0.257 e. The molecular weight excluding hydrogens is 366 g/mol. The van der Waals surface area contributed by atoms with E-state index in [-0.39, 0.29) is 23.3 Å². The van der Waals surface area contributed by atoms with Gasteiger partial charge in [-0.15, -0.1) is 0 Å². The molecule has 3 aromatic heterocycles. The Kier molecular flexibility index (Phi) is 4.90. The molecule has 1 aromatic carbocycles. The Morgan fingerprint density at radius 1 is 1.24 bits per heavy atom. The van der Waals surface area contributed by atoms with Gasteiger partial charge in [-0.25, -0.2) is 9.97 Å². The molecule has 0 spiro atoms. The lowest BCUT2D eigenvalue weighted by atomic mass is 10.2. The maximum atomic E-state index is 12.9. The van der Waals surface area contributed by atoms with Gasteiger partial charge in [0.1, 0.15) is 16.9 Å². The van der Waals surface area contributed by atoms with E-state index in [9.17, 15) is 4.79 Å². The molecule has 8 heteroatoms. The molecule has 3 N–H and O–H groups in total. The number of hydrogen-bond donors (Lipinski definition) is 2. The number of carbonyl (C=O) groups excluding carboxylic acids is 1. The van der Waals surface area contributed by atoms with Crippen LogP contribution in [0.25, 0.3) is 22.2 Å². The molecule has 3 heterocycles. The van der Waals surface area contributed by atoms with Gasteiger partial charge in [-0.1, -0.05) is 25.1 Å². The Morgan fingerprint density at radius 3 is 2.69 bits per heavy atom. The summed E-state index contributed by atoms with van der Waals surface area (Å²) in [5.74, 6) is -0.0991. The third-order valence-electron chi connectivity index (χ3n) is 4.70. The summed E-state index contributed by atoms with van der Waals surface area (Å²) in [4.78, 5) is 26.3. The molecular formula is C21H21N7O. The summed E-state index contributed by atoms with van der Waals surface area (Å²) >= 11 is 0. The van der Waals surface area contributed by atoms with Gasteiger partial charge in [0.2, 0.25) is 0 Å². The zero-order valence-corrected chi connectivity index (χ0v) is 16.2. The number of nitrogens with two attached hydrogens (primary N) is 1. The van der Waals surface area contributed by atoms with Crippen LogP contribution < -0.4 is 11.1 Å². The van der Waals surface area contributed by atoms with Crippen LogP contribution in [0.2, 0.25) is 0 Å². The summed E-state index contributed by atoms with van der Waals surface area (Å²) < 4.78 is 1.45. The average Bonchev–Trinajstić information content (AvgIpc) is 3.01. The van der Waals surface area contributed by atoms with Gasteiger partial charge in [0.25, 0.3) is 5.91 Å². The first-order valence-corrected chi connectivity index (χ1v) is 9.40. The number of rotatable bonds is 5. The van der Waals surface area contributed by atoms with Crippen LogP contribution in [0.3, 0.4) is 0 Å². The number of amides is 1. The van der Waals surface area contributed by atoms with Crippen molar-refractivity contribution in [1.29, 1.82) is 0 Å². The van der Waals surface area contributed by atoms with Crippen LogP contribution in [0.15, 0.2) is 53.9 Å². The number of nitrogens with zero attached hydrogens (tertiary/aromatic N) is 5. The highest BCUT2D eigenvalue weighted by Crippen LogP contribution is 2.28. The van der Waals surface area contributed by atoms with Crippen LogP contribution in [0.4, 0.5) is 5.82 Å². The molecule has 0 saturated heterocycles. The molecule has 8 nitrogen and oxygen atoms in total. The zero-order valence-electron chi connectivity index (χ0n) is 16.2. The fourth-order valence-electron chi connectivity index (χ4n) is 2.96. The van der Waals surface area contributed by atoms with E-state index in [2.05, 4.69) is 25.4 Å². The predicted molar refractivity (Wildman–Crippen MR) is 114 cm³/mol. The summed E-state index contributed by atoms with van der Waals surface area (Å²) in [6.45, 7) is 3.94. The average molecular weight is 387 g/mol. The normalized spacial score (nSPS) is 12.6. The quantitative estimate of drug-likeness (QED) is 0.512. The molecule has 4 aromatic rings. The summed E-state index contributed by atoms with van der Waals surface area (Å²) in [5.41, 5.74) is 9.67. The second-order valence-corrected chi connectivity index (χ2v) is 6.77. The van der Waals surface area contributed by atoms with Gasteiger partial charge in [-0.3, -0.25) is 9.78 Å². The van der Waals surface area contributed by atoms with E-state index >= 15 is 0 Å². The van der Waals surface area contributed by atoms with E-state index < -0.39 is 0 Å². The Bertz CT molecular complexity index is 1210. The number of para-hydroxylation sites is 2. The fraction of sp³-hybridized carbons (Fsp3) is 0.190. The van der Waals surface area contributed by atoms with Crippen LogP contribution >= 0.6 is 0 Å². The van der Waals surface area contributed by atoms with Gasteiger partial charge in [0, 0.05) is 24.0 Å². The molecule has 0 aliphatic rings. The number of aromatic nitrogens is 4. The first-order valence-electron chi connectivity index (χ1n) is 9.40. The molecule has 0 bridgehead atoms. The Hall–Kier alpha value is -3.81. The van der Waals surface area contributed by atoms with Crippen molar-refractivity contribution in [2.45, 2.75) is 26.3 Å². The van der Waals surface area contributed by atoms with Crippen molar-refractivity contribution in [2.75, 3.05) is 5.73 Å². The maximum absolute atomic E-state index is 12.9. The lowest BCUT2D eigenvalue weighted by Crippen LogP contribution is -2.32. The number of fused-ring (bicyclic) bond motifs is 2. The third-order valence-corrected chi connectivity index (χ3v) is 4.70. The Labute approximate surface area is 167 Å². The predicted octanol–water partition coefficient (Wildman–Crippen LogP) is 2.97. The monoisotopic (exact) mass is 387 g/mol. The fourth-order valence-corrected chi connectivity index (χ4v) is 2.96.